The van der Waals surface area contributed by atoms with Crippen molar-refractivity contribution in [3.63, 3.8) is 0 Å². The Morgan fingerprint density at radius 3 is 2.74 bits per heavy atom. The van der Waals surface area contributed by atoms with Crippen molar-refractivity contribution in [3.8, 4) is 5.75 Å². The fourth-order valence-electron chi connectivity index (χ4n) is 3.64. The van der Waals surface area contributed by atoms with E-state index in [1.807, 2.05) is 17.4 Å². The molecule has 1 aromatic heterocycles. The summed E-state index contributed by atoms with van der Waals surface area (Å²) < 4.78 is 6.08. The molecule has 3 aromatic rings. The van der Waals surface area contributed by atoms with Crippen molar-refractivity contribution < 1.29 is 4.74 Å². The molecule has 0 spiro atoms. The zero-order valence-corrected chi connectivity index (χ0v) is 16.3. The Labute approximate surface area is 165 Å². The SMILES string of the molecule is c1ccc(COc2cccc(C(c3cccs3)N3CCCNCC3)c2)cc1. The molecule has 0 aliphatic carbocycles. The third kappa shape index (κ3) is 4.78. The molecule has 4 rings (SSSR count). The maximum Gasteiger partial charge on any atom is 0.120 e. The Morgan fingerprint density at radius 1 is 0.963 bits per heavy atom. The van der Waals surface area contributed by atoms with Crippen LogP contribution in [0, 0.1) is 0 Å². The van der Waals surface area contributed by atoms with Crippen LogP contribution in [-0.2, 0) is 6.61 Å². The van der Waals surface area contributed by atoms with E-state index in [1.54, 1.807) is 0 Å². The van der Waals surface area contributed by atoms with Crippen molar-refractivity contribution in [3.05, 3.63) is 88.1 Å². The molecular formula is C23H26N2OS. The van der Waals surface area contributed by atoms with Crippen LogP contribution in [0.25, 0.3) is 0 Å². The molecule has 27 heavy (non-hydrogen) atoms. The topological polar surface area (TPSA) is 24.5 Å². The van der Waals surface area contributed by atoms with Crippen LogP contribution in [-0.4, -0.2) is 31.1 Å². The number of nitrogens with zero attached hydrogens (tertiary/aromatic N) is 1. The number of hydrogen-bond donors (Lipinski definition) is 1. The maximum atomic E-state index is 6.08. The van der Waals surface area contributed by atoms with Crippen molar-refractivity contribution >= 4 is 11.3 Å². The van der Waals surface area contributed by atoms with Crippen LogP contribution >= 0.6 is 11.3 Å². The van der Waals surface area contributed by atoms with E-state index in [2.05, 4.69) is 76.3 Å². The van der Waals surface area contributed by atoms with Gasteiger partial charge in [-0.05, 0) is 47.7 Å². The average Bonchev–Trinajstić information content (AvgIpc) is 3.11. The van der Waals surface area contributed by atoms with Crippen molar-refractivity contribution in [2.24, 2.45) is 0 Å². The quantitative estimate of drug-likeness (QED) is 0.672. The predicted molar refractivity (Wildman–Crippen MR) is 112 cm³/mol. The first-order chi connectivity index (χ1) is 13.4. The van der Waals surface area contributed by atoms with Gasteiger partial charge in [-0.15, -0.1) is 11.3 Å². The highest BCUT2D eigenvalue weighted by Gasteiger charge is 2.24. The molecule has 1 N–H and O–H groups in total. The summed E-state index contributed by atoms with van der Waals surface area (Å²) >= 11 is 1.84. The first-order valence-electron chi connectivity index (χ1n) is 9.65. The normalized spacial score (nSPS) is 16.6. The molecule has 1 saturated heterocycles. The average molecular weight is 379 g/mol. The first-order valence-corrected chi connectivity index (χ1v) is 10.5. The number of nitrogens with one attached hydrogen (secondary N) is 1. The molecule has 0 radical (unpaired) electrons. The summed E-state index contributed by atoms with van der Waals surface area (Å²) in [5, 5.41) is 5.69. The Morgan fingerprint density at radius 2 is 1.89 bits per heavy atom. The van der Waals surface area contributed by atoms with Gasteiger partial charge in [0.2, 0.25) is 0 Å². The summed E-state index contributed by atoms with van der Waals surface area (Å²) in [4.78, 5) is 4.00. The van der Waals surface area contributed by atoms with Gasteiger partial charge < -0.3 is 10.1 Å². The van der Waals surface area contributed by atoms with Crippen LogP contribution in [0.15, 0.2) is 72.1 Å². The predicted octanol–water partition coefficient (Wildman–Crippen LogP) is 4.71. The van der Waals surface area contributed by atoms with Gasteiger partial charge in [-0.2, -0.15) is 0 Å². The lowest BCUT2D eigenvalue weighted by molar-refractivity contribution is 0.242. The molecule has 0 bridgehead atoms. The third-order valence-corrected chi connectivity index (χ3v) is 5.90. The van der Waals surface area contributed by atoms with E-state index in [-0.39, 0.29) is 0 Å². The van der Waals surface area contributed by atoms with E-state index in [0.717, 1.165) is 31.9 Å². The zero-order chi connectivity index (χ0) is 18.3. The Balaban J connectivity index is 1.56. The molecule has 1 fully saturated rings. The number of ether oxygens (including phenoxy) is 1. The van der Waals surface area contributed by atoms with Crippen molar-refractivity contribution in [1.29, 1.82) is 0 Å². The van der Waals surface area contributed by atoms with Gasteiger partial charge in [0.1, 0.15) is 12.4 Å². The summed E-state index contributed by atoms with van der Waals surface area (Å²) in [5.41, 5.74) is 2.50. The van der Waals surface area contributed by atoms with E-state index in [1.165, 1.54) is 22.4 Å². The smallest absolute Gasteiger partial charge is 0.120 e. The number of rotatable bonds is 6. The Bertz CT molecular complexity index is 811. The summed E-state index contributed by atoms with van der Waals surface area (Å²) in [5.74, 6) is 0.936. The molecule has 1 aliphatic rings. The molecule has 1 aliphatic heterocycles. The van der Waals surface area contributed by atoms with Crippen LogP contribution in [0.4, 0.5) is 0 Å². The standard InChI is InChI=1S/C23H26N2OS/c1-2-7-19(8-3-1)18-26-21-10-4-9-20(17-21)23(22-11-5-16-27-22)25-14-6-12-24-13-15-25/h1-5,7-11,16-17,23-24H,6,12-15,18H2. The van der Waals surface area contributed by atoms with Gasteiger partial charge in [-0.25, -0.2) is 0 Å². The number of hydrogen-bond acceptors (Lipinski definition) is 4. The van der Waals surface area contributed by atoms with E-state index in [4.69, 9.17) is 4.74 Å². The van der Waals surface area contributed by atoms with Crippen molar-refractivity contribution in [2.75, 3.05) is 26.2 Å². The summed E-state index contributed by atoms with van der Waals surface area (Å²) in [6.45, 7) is 4.93. The van der Waals surface area contributed by atoms with Crippen molar-refractivity contribution in [2.45, 2.75) is 19.1 Å². The molecule has 1 atom stereocenters. The Kier molecular flexibility index (Phi) is 6.20. The fourth-order valence-corrected chi connectivity index (χ4v) is 4.53. The summed E-state index contributed by atoms with van der Waals surface area (Å²) in [6.07, 6.45) is 1.19. The van der Waals surface area contributed by atoms with E-state index in [9.17, 15) is 0 Å². The van der Waals surface area contributed by atoms with Crippen LogP contribution in [0.5, 0.6) is 5.75 Å². The van der Waals surface area contributed by atoms with Crippen LogP contribution in [0.1, 0.15) is 28.5 Å². The molecule has 3 nitrogen and oxygen atoms in total. The van der Waals surface area contributed by atoms with E-state index >= 15 is 0 Å². The van der Waals surface area contributed by atoms with Gasteiger partial charge in [-0.3, -0.25) is 4.90 Å². The Hall–Kier alpha value is -2.14. The molecule has 4 heteroatoms. The molecule has 140 valence electrons. The van der Waals surface area contributed by atoms with Crippen LogP contribution < -0.4 is 10.1 Å². The second-order valence-corrected chi connectivity index (χ2v) is 7.88. The van der Waals surface area contributed by atoms with E-state index < -0.39 is 0 Å². The molecule has 0 amide bonds. The molecule has 0 saturated carbocycles. The molecular weight excluding hydrogens is 352 g/mol. The van der Waals surface area contributed by atoms with Gasteiger partial charge in [-0.1, -0.05) is 48.5 Å². The van der Waals surface area contributed by atoms with Crippen LogP contribution in [0.2, 0.25) is 0 Å². The van der Waals surface area contributed by atoms with Crippen LogP contribution in [0.3, 0.4) is 0 Å². The number of thiophene rings is 1. The fraction of sp³-hybridized carbons (Fsp3) is 0.304. The van der Waals surface area contributed by atoms with Crippen molar-refractivity contribution in [1.82, 2.24) is 10.2 Å². The van der Waals surface area contributed by atoms with Gasteiger partial charge in [0, 0.05) is 24.5 Å². The molecule has 2 aromatic carbocycles. The molecule has 2 heterocycles. The highest BCUT2D eigenvalue weighted by atomic mass is 32.1. The van der Waals surface area contributed by atoms with Gasteiger partial charge >= 0.3 is 0 Å². The second-order valence-electron chi connectivity index (χ2n) is 6.90. The highest BCUT2D eigenvalue weighted by Crippen LogP contribution is 2.33. The highest BCUT2D eigenvalue weighted by molar-refractivity contribution is 7.10. The minimum atomic E-state index is 0.296. The summed E-state index contributed by atoms with van der Waals surface area (Å²) in [6, 6.07) is 23.7. The lowest BCUT2D eigenvalue weighted by Gasteiger charge is -2.30. The lowest BCUT2D eigenvalue weighted by Crippen LogP contribution is -2.32. The van der Waals surface area contributed by atoms with E-state index in [0.29, 0.717) is 12.6 Å². The number of benzene rings is 2. The minimum Gasteiger partial charge on any atom is -0.489 e. The largest absolute Gasteiger partial charge is 0.489 e. The second kappa shape index (κ2) is 9.18. The van der Waals surface area contributed by atoms with Gasteiger partial charge in [0.25, 0.3) is 0 Å². The minimum absolute atomic E-state index is 0.296. The summed E-state index contributed by atoms with van der Waals surface area (Å²) in [7, 11) is 0. The zero-order valence-electron chi connectivity index (χ0n) is 15.5. The third-order valence-electron chi connectivity index (χ3n) is 4.97. The maximum absolute atomic E-state index is 6.08. The van der Waals surface area contributed by atoms with Gasteiger partial charge in [0.05, 0.1) is 6.04 Å². The monoisotopic (exact) mass is 378 g/mol. The lowest BCUT2D eigenvalue weighted by atomic mass is 10.0. The van der Waals surface area contributed by atoms with Gasteiger partial charge in [0.15, 0.2) is 0 Å². The first kappa shape index (κ1) is 18.2. The molecule has 1 unspecified atom stereocenters.